The molecule has 0 aliphatic carbocycles. The Morgan fingerprint density at radius 1 is 1.29 bits per heavy atom. The number of aliphatic carboxylic acids is 1. The molecule has 0 bridgehead atoms. The van der Waals surface area contributed by atoms with Crippen molar-refractivity contribution >= 4 is 5.97 Å². The molecule has 2 aromatic heterocycles. The second-order valence-corrected chi connectivity index (χ2v) is 3.22. The normalized spacial score (nSPS) is 10.1. The summed E-state index contributed by atoms with van der Waals surface area (Å²) >= 11 is 0. The maximum atomic E-state index is 11.6. The van der Waals surface area contributed by atoms with Crippen LogP contribution in [-0.4, -0.2) is 30.6 Å². The zero-order chi connectivity index (χ0) is 12.3. The molecule has 86 valence electrons. The van der Waals surface area contributed by atoms with Crippen LogP contribution in [0.2, 0.25) is 0 Å². The van der Waals surface area contributed by atoms with Crippen molar-refractivity contribution in [3.63, 3.8) is 0 Å². The lowest BCUT2D eigenvalue weighted by Gasteiger charge is -2.02. The predicted octanol–water partition coefficient (Wildman–Crippen LogP) is -0.215. The van der Waals surface area contributed by atoms with Crippen molar-refractivity contribution in [1.29, 1.82) is 0 Å². The third kappa shape index (κ3) is 2.51. The number of nitrogens with zero attached hydrogens (tertiary/aromatic N) is 4. The van der Waals surface area contributed by atoms with Gasteiger partial charge in [-0.1, -0.05) is 0 Å². The molecule has 2 aromatic rings. The standard InChI is InChI=1S/C10H8N4O3/c15-9-3-7(8-4-11-1-2-12-8)13-6-14(9)5-10(16)17/h1-4,6H,5H2,(H,16,17). The maximum Gasteiger partial charge on any atom is 0.323 e. The summed E-state index contributed by atoms with van der Waals surface area (Å²) in [5.41, 5.74) is 0.389. The number of carboxylic acids is 1. The van der Waals surface area contributed by atoms with Gasteiger partial charge < -0.3 is 5.11 Å². The molecule has 0 radical (unpaired) electrons. The molecule has 7 heteroatoms. The van der Waals surface area contributed by atoms with Crippen molar-refractivity contribution in [3.05, 3.63) is 41.3 Å². The summed E-state index contributed by atoms with van der Waals surface area (Å²) in [6.45, 7) is -0.410. The van der Waals surface area contributed by atoms with Crippen molar-refractivity contribution in [2.24, 2.45) is 0 Å². The smallest absolute Gasteiger partial charge is 0.323 e. The fourth-order valence-corrected chi connectivity index (χ4v) is 1.26. The zero-order valence-electron chi connectivity index (χ0n) is 8.65. The first-order valence-corrected chi connectivity index (χ1v) is 4.71. The molecule has 7 nitrogen and oxygen atoms in total. The average Bonchev–Trinajstić information content (AvgIpc) is 2.32. The van der Waals surface area contributed by atoms with E-state index in [4.69, 9.17) is 5.11 Å². The van der Waals surface area contributed by atoms with Gasteiger partial charge >= 0.3 is 5.97 Å². The summed E-state index contributed by atoms with van der Waals surface area (Å²) < 4.78 is 1.00. The largest absolute Gasteiger partial charge is 0.480 e. The second kappa shape index (κ2) is 4.52. The van der Waals surface area contributed by atoms with Crippen LogP contribution in [0, 0.1) is 0 Å². The SMILES string of the molecule is O=C(O)Cn1cnc(-c2cnccn2)cc1=O. The minimum absolute atomic E-state index is 0.365. The summed E-state index contributed by atoms with van der Waals surface area (Å²) in [7, 11) is 0. The fourth-order valence-electron chi connectivity index (χ4n) is 1.26. The number of aromatic nitrogens is 4. The van der Waals surface area contributed by atoms with E-state index in [1.165, 1.54) is 31.0 Å². The van der Waals surface area contributed by atoms with Gasteiger partial charge in [0.15, 0.2) is 0 Å². The summed E-state index contributed by atoms with van der Waals surface area (Å²) in [5.74, 6) is -1.10. The van der Waals surface area contributed by atoms with E-state index in [-0.39, 0.29) is 0 Å². The number of hydrogen-bond donors (Lipinski definition) is 1. The first-order valence-electron chi connectivity index (χ1n) is 4.71. The summed E-state index contributed by atoms with van der Waals surface area (Å²) in [5, 5.41) is 8.57. The fraction of sp³-hybridized carbons (Fsp3) is 0.100. The zero-order valence-corrected chi connectivity index (χ0v) is 8.65. The van der Waals surface area contributed by atoms with Gasteiger partial charge in [0.05, 0.1) is 18.2 Å². The minimum atomic E-state index is -1.10. The van der Waals surface area contributed by atoms with Crippen LogP contribution >= 0.6 is 0 Å². The molecule has 2 rings (SSSR count). The molecule has 0 spiro atoms. The van der Waals surface area contributed by atoms with Crippen LogP contribution < -0.4 is 5.56 Å². The summed E-state index contributed by atoms with van der Waals surface area (Å²) in [6.07, 6.45) is 5.65. The van der Waals surface area contributed by atoms with Gasteiger partial charge in [-0.15, -0.1) is 0 Å². The Labute approximate surface area is 95.4 Å². The lowest BCUT2D eigenvalue weighted by molar-refractivity contribution is -0.137. The predicted molar refractivity (Wildman–Crippen MR) is 57.2 cm³/mol. The van der Waals surface area contributed by atoms with Crippen molar-refractivity contribution in [2.45, 2.75) is 6.54 Å². The van der Waals surface area contributed by atoms with Gasteiger partial charge in [-0.2, -0.15) is 0 Å². The van der Waals surface area contributed by atoms with Crippen molar-refractivity contribution in [3.8, 4) is 11.4 Å². The molecule has 0 fully saturated rings. The van der Waals surface area contributed by atoms with Crippen molar-refractivity contribution < 1.29 is 9.90 Å². The molecular weight excluding hydrogens is 224 g/mol. The Kier molecular flexibility index (Phi) is 2.91. The highest BCUT2D eigenvalue weighted by molar-refractivity contribution is 5.66. The molecular formula is C10H8N4O3. The number of rotatable bonds is 3. The topological polar surface area (TPSA) is 98.0 Å². The van der Waals surface area contributed by atoms with Crippen LogP contribution in [0.1, 0.15) is 0 Å². The highest BCUT2D eigenvalue weighted by Crippen LogP contribution is 2.08. The van der Waals surface area contributed by atoms with E-state index in [0.717, 1.165) is 4.57 Å². The van der Waals surface area contributed by atoms with Crippen LogP contribution in [0.5, 0.6) is 0 Å². The molecule has 0 amide bonds. The highest BCUT2D eigenvalue weighted by atomic mass is 16.4. The van der Waals surface area contributed by atoms with Gasteiger partial charge in [0.2, 0.25) is 0 Å². The van der Waals surface area contributed by atoms with E-state index in [0.29, 0.717) is 11.4 Å². The van der Waals surface area contributed by atoms with Crippen LogP contribution in [0.3, 0.4) is 0 Å². The third-order valence-electron chi connectivity index (χ3n) is 2.01. The Morgan fingerprint density at radius 2 is 2.12 bits per heavy atom. The Bertz CT molecular complexity index is 594. The third-order valence-corrected chi connectivity index (χ3v) is 2.01. The molecule has 0 unspecified atom stereocenters. The van der Waals surface area contributed by atoms with E-state index in [2.05, 4.69) is 15.0 Å². The quantitative estimate of drug-likeness (QED) is 0.785. The van der Waals surface area contributed by atoms with Gasteiger partial charge in [-0.25, -0.2) is 4.98 Å². The highest BCUT2D eigenvalue weighted by Gasteiger charge is 2.06. The summed E-state index contributed by atoms with van der Waals surface area (Å²) in [4.78, 5) is 33.8. The molecule has 1 N–H and O–H groups in total. The van der Waals surface area contributed by atoms with Gasteiger partial charge in [-0.05, 0) is 0 Å². The average molecular weight is 232 g/mol. The van der Waals surface area contributed by atoms with Crippen LogP contribution in [0.15, 0.2) is 35.8 Å². The van der Waals surface area contributed by atoms with Crippen LogP contribution in [-0.2, 0) is 11.3 Å². The maximum absolute atomic E-state index is 11.6. The van der Waals surface area contributed by atoms with E-state index in [1.807, 2.05) is 0 Å². The van der Waals surface area contributed by atoms with Crippen LogP contribution in [0.25, 0.3) is 11.4 Å². The summed E-state index contributed by atoms with van der Waals surface area (Å²) in [6, 6.07) is 1.23. The Morgan fingerprint density at radius 3 is 2.71 bits per heavy atom. The number of hydrogen-bond acceptors (Lipinski definition) is 5. The van der Waals surface area contributed by atoms with E-state index < -0.39 is 18.1 Å². The molecule has 2 heterocycles. The first kappa shape index (κ1) is 10.9. The molecule has 0 aliphatic heterocycles. The first-order chi connectivity index (χ1) is 8.16. The van der Waals surface area contributed by atoms with Gasteiger partial charge in [0, 0.05) is 18.5 Å². The van der Waals surface area contributed by atoms with E-state index in [1.54, 1.807) is 0 Å². The molecule has 0 saturated carbocycles. The number of carbonyl (C=O) groups is 1. The monoisotopic (exact) mass is 232 g/mol. The molecule has 0 saturated heterocycles. The molecule has 0 aromatic carbocycles. The Hall–Kier alpha value is -2.57. The molecule has 17 heavy (non-hydrogen) atoms. The van der Waals surface area contributed by atoms with Crippen LogP contribution in [0.4, 0.5) is 0 Å². The van der Waals surface area contributed by atoms with Gasteiger partial charge in [-0.3, -0.25) is 24.1 Å². The lowest BCUT2D eigenvalue weighted by atomic mass is 10.3. The second-order valence-electron chi connectivity index (χ2n) is 3.22. The van der Waals surface area contributed by atoms with E-state index >= 15 is 0 Å². The lowest BCUT2D eigenvalue weighted by Crippen LogP contribution is -2.23. The molecule has 0 aliphatic rings. The Balaban J connectivity index is 2.38. The minimum Gasteiger partial charge on any atom is -0.480 e. The van der Waals surface area contributed by atoms with E-state index in [9.17, 15) is 9.59 Å². The van der Waals surface area contributed by atoms with Crippen molar-refractivity contribution in [2.75, 3.05) is 0 Å². The van der Waals surface area contributed by atoms with Gasteiger partial charge in [0.1, 0.15) is 12.2 Å². The number of carboxylic acid groups (broad SMARTS) is 1. The molecule has 0 atom stereocenters. The van der Waals surface area contributed by atoms with Crippen molar-refractivity contribution in [1.82, 2.24) is 19.5 Å². The van der Waals surface area contributed by atoms with Gasteiger partial charge in [0.25, 0.3) is 5.56 Å².